The molecule has 8 heteroatoms. The van der Waals surface area contributed by atoms with Crippen LogP contribution in [0.2, 0.25) is 0 Å². The highest BCUT2D eigenvalue weighted by Crippen LogP contribution is 2.15. The second kappa shape index (κ2) is 10.7. The summed E-state index contributed by atoms with van der Waals surface area (Å²) in [5.41, 5.74) is 0.859. The lowest BCUT2D eigenvalue weighted by molar-refractivity contribution is 0.182. The largest absolute Gasteiger partial charge is 0.356 e. The Balaban J connectivity index is 0.00000243. The smallest absolute Gasteiger partial charge is 0.191 e. The molecule has 3 heterocycles. The summed E-state index contributed by atoms with van der Waals surface area (Å²) < 4.78 is 1.98. The lowest BCUT2D eigenvalue weighted by Crippen LogP contribution is -2.40. The third kappa shape index (κ3) is 5.80. The number of pyridine rings is 1. The average molecular weight is 471 g/mol. The van der Waals surface area contributed by atoms with Gasteiger partial charge in [-0.05, 0) is 50.4 Å². The van der Waals surface area contributed by atoms with E-state index in [0.29, 0.717) is 6.54 Å². The molecule has 1 atom stereocenters. The second-order valence-corrected chi connectivity index (χ2v) is 6.80. The van der Waals surface area contributed by atoms with Gasteiger partial charge in [0.1, 0.15) is 0 Å². The fourth-order valence-corrected chi connectivity index (χ4v) is 3.39. The summed E-state index contributed by atoms with van der Waals surface area (Å²) in [6, 6.07) is 5.89. The van der Waals surface area contributed by atoms with Crippen molar-refractivity contribution in [2.75, 3.05) is 33.2 Å². The maximum absolute atomic E-state index is 4.29. The average Bonchev–Trinajstić information content (AvgIpc) is 3.04. The molecule has 26 heavy (non-hydrogen) atoms. The molecule has 1 unspecified atom stereocenters. The van der Waals surface area contributed by atoms with Crippen LogP contribution in [0.25, 0.3) is 5.65 Å². The van der Waals surface area contributed by atoms with Crippen LogP contribution in [0.1, 0.15) is 32.0 Å². The minimum Gasteiger partial charge on any atom is -0.356 e. The van der Waals surface area contributed by atoms with Crippen molar-refractivity contribution >= 4 is 35.6 Å². The highest BCUT2D eigenvalue weighted by atomic mass is 127. The molecule has 0 aliphatic carbocycles. The normalized spacial score (nSPS) is 18.5. The number of likely N-dealkylation sites (tertiary alicyclic amines) is 1. The topological polar surface area (TPSA) is 69.8 Å². The molecule has 1 fully saturated rings. The molecule has 2 aromatic rings. The van der Waals surface area contributed by atoms with Gasteiger partial charge in [-0.15, -0.1) is 34.2 Å². The number of halogens is 1. The van der Waals surface area contributed by atoms with Gasteiger partial charge < -0.3 is 15.5 Å². The van der Waals surface area contributed by atoms with E-state index >= 15 is 0 Å². The van der Waals surface area contributed by atoms with E-state index in [-0.39, 0.29) is 24.0 Å². The number of rotatable bonds is 6. The molecule has 0 aromatic carbocycles. The fraction of sp³-hybridized carbons (Fsp3) is 0.611. The Hall–Kier alpha value is -1.42. The number of aromatic nitrogens is 3. The third-order valence-corrected chi connectivity index (χ3v) is 4.71. The Morgan fingerprint density at radius 1 is 1.31 bits per heavy atom. The van der Waals surface area contributed by atoms with Crippen molar-refractivity contribution in [1.82, 2.24) is 30.1 Å². The van der Waals surface area contributed by atoms with Crippen LogP contribution in [-0.4, -0.2) is 58.7 Å². The predicted octanol–water partition coefficient (Wildman–Crippen LogP) is 2.13. The highest BCUT2D eigenvalue weighted by Gasteiger charge is 2.15. The van der Waals surface area contributed by atoms with Crippen molar-refractivity contribution in [3.8, 4) is 0 Å². The van der Waals surface area contributed by atoms with Gasteiger partial charge in [-0.25, -0.2) is 0 Å². The van der Waals surface area contributed by atoms with Gasteiger partial charge >= 0.3 is 0 Å². The molecule has 0 spiro atoms. The van der Waals surface area contributed by atoms with Crippen LogP contribution in [0.5, 0.6) is 0 Å². The van der Waals surface area contributed by atoms with Crippen molar-refractivity contribution in [3.05, 3.63) is 30.2 Å². The van der Waals surface area contributed by atoms with Gasteiger partial charge in [0.2, 0.25) is 0 Å². The molecule has 2 aromatic heterocycles. The zero-order chi connectivity index (χ0) is 17.5. The van der Waals surface area contributed by atoms with Crippen LogP contribution >= 0.6 is 24.0 Å². The van der Waals surface area contributed by atoms with Gasteiger partial charge in [0.05, 0.1) is 6.54 Å². The summed E-state index contributed by atoms with van der Waals surface area (Å²) in [5, 5.41) is 15.1. The van der Waals surface area contributed by atoms with Gasteiger partial charge in [-0.1, -0.05) is 13.0 Å². The minimum absolute atomic E-state index is 0. The first-order valence-electron chi connectivity index (χ1n) is 9.22. The first-order valence-corrected chi connectivity index (χ1v) is 9.22. The van der Waals surface area contributed by atoms with Crippen LogP contribution in [0, 0.1) is 5.92 Å². The quantitative estimate of drug-likeness (QED) is 0.293. The van der Waals surface area contributed by atoms with Crippen molar-refractivity contribution in [2.45, 2.75) is 32.7 Å². The molecule has 1 aliphatic rings. The number of piperidine rings is 1. The van der Waals surface area contributed by atoms with Gasteiger partial charge in [0.25, 0.3) is 0 Å². The van der Waals surface area contributed by atoms with Crippen molar-refractivity contribution in [1.29, 1.82) is 0 Å². The summed E-state index contributed by atoms with van der Waals surface area (Å²) in [6.45, 7) is 7.51. The van der Waals surface area contributed by atoms with Crippen LogP contribution in [0.4, 0.5) is 0 Å². The van der Waals surface area contributed by atoms with Gasteiger partial charge in [0, 0.05) is 26.3 Å². The van der Waals surface area contributed by atoms with E-state index in [1.54, 1.807) is 7.05 Å². The summed E-state index contributed by atoms with van der Waals surface area (Å²) in [6.07, 6.45) is 5.82. The first-order chi connectivity index (χ1) is 12.3. The number of fused-ring (bicyclic) bond motifs is 1. The zero-order valence-corrected chi connectivity index (χ0v) is 18.0. The molecule has 0 saturated carbocycles. The van der Waals surface area contributed by atoms with Crippen LogP contribution < -0.4 is 10.6 Å². The molecular formula is C18H30IN7. The Morgan fingerprint density at radius 2 is 2.19 bits per heavy atom. The lowest BCUT2D eigenvalue weighted by Gasteiger charge is -2.30. The molecule has 0 radical (unpaired) electrons. The van der Waals surface area contributed by atoms with Crippen molar-refractivity contribution in [3.63, 3.8) is 0 Å². The number of hydrogen-bond acceptors (Lipinski definition) is 4. The summed E-state index contributed by atoms with van der Waals surface area (Å²) in [7, 11) is 1.80. The SMILES string of the molecule is CN=C(NCCCN1CCCC(C)C1)NCc1nnc2ccccn12.I. The van der Waals surface area contributed by atoms with Gasteiger partial charge in [0.15, 0.2) is 17.4 Å². The summed E-state index contributed by atoms with van der Waals surface area (Å²) in [4.78, 5) is 6.87. The lowest BCUT2D eigenvalue weighted by atomic mass is 10.0. The Kier molecular flexibility index (Phi) is 8.56. The van der Waals surface area contributed by atoms with Crippen LogP contribution in [0.15, 0.2) is 29.4 Å². The van der Waals surface area contributed by atoms with Crippen LogP contribution in [0.3, 0.4) is 0 Å². The van der Waals surface area contributed by atoms with E-state index in [1.165, 1.54) is 25.9 Å². The maximum atomic E-state index is 4.29. The number of nitrogens with zero attached hydrogens (tertiary/aromatic N) is 5. The van der Waals surface area contributed by atoms with Gasteiger partial charge in [-0.3, -0.25) is 9.39 Å². The standard InChI is InChI=1S/C18H29N7.HI/c1-15-7-5-10-24(14-15)11-6-9-20-18(19-2)21-13-17-23-22-16-8-3-4-12-25(16)17;/h3-4,8,12,15H,5-7,9-11,13-14H2,1-2H3,(H2,19,20,21);1H. The third-order valence-electron chi connectivity index (χ3n) is 4.71. The fourth-order valence-electron chi connectivity index (χ4n) is 3.39. The van der Waals surface area contributed by atoms with Crippen LogP contribution in [-0.2, 0) is 6.54 Å². The van der Waals surface area contributed by atoms with Crippen molar-refractivity contribution in [2.24, 2.45) is 10.9 Å². The van der Waals surface area contributed by atoms with E-state index in [0.717, 1.165) is 42.9 Å². The molecule has 1 aliphatic heterocycles. The maximum Gasteiger partial charge on any atom is 0.191 e. The first kappa shape index (κ1) is 20.9. The van der Waals surface area contributed by atoms with Gasteiger partial charge in [-0.2, -0.15) is 0 Å². The molecule has 0 bridgehead atoms. The molecular weight excluding hydrogens is 441 g/mol. The van der Waals surface area contributed by atoms with E-state index in [2.05, 4.69) is 37.6 Å². The number of guanidine groups is 1. The van der Waals surface area contributed by atoms with Crippen molar-refractivity contribution < 1.29 is 0 Å². The Labute approximate surface area is 172 Å². The van der Waals surface area contributed by atoms with E-state index < -0.39 is 0 Å². The van der Waals surface area contributed by atoms with E-state index in [9.17, 15) is 0 Å². The number of hydrogen-bond donors (Lipinski definition) is 2. The Bertz CT molecular complexity index is 700. The molecule has 0 amide bonds. The molecule has 144 valence electrons. The summed E-state index contributed by atoms with van der Waals surface area (Å²) >= 11 is 0. The minimum atomic E-state index is 0. The number of nitrogens with one attached hydrogen (secondary N) is 2. The molecule has 3 rings (SSSR count). The Morgan fingerprint density at radius 3 is 3.00 bits per heavy atom. The predicted molar refractivity (Wildman–Crippen MR) is 116 cm³/mol. The van der Waals surface area contributed by atoms with E-state index in [4.69, 9.17) is 0 Å². The highest BCUT2D eigenvalue weighted by molar-refractivity contribution is 14.0. The number of aliphatic imine (C=N–C) groups is 1. The second-order valence-electron chi connectivity index (χ2n) is 6.80. The molecule has 1 saturated heterocycles. The zero-order valence-electron chi connectivity index (χ0n) is 15.7. The monoisotopic (exact) mass is 471 g/mol. The summed E-state index contributed by atoms with van der Waals surface area (Å²) in [5.74, 6) is 2.52. The molecule has 7 nitrogen and oxygen atoms in total. The molecule has 2 N–H and O–H groups in total. The van der Waals surface area contributed by atoms with E-state index in [1.807, 2.05) is 28.8 Å².